The number of rotatable bonds is 4. The van der Waals surface area contributed by atoms with Crippen LogP contribution in [0.25, 0.3) is 11.3 Å². The molecule has 0 unspecified atom stereocenters. The van der Waals surface area contributed by atoms with Gasteiger partial charge in [-0.05, 0) is 68.0 Å². The van der Waals surface area contributed by atoms with Gasteiger partial charge in [-0.1, -0.05) is 31.4 Å². The van der Waals surface area contributed by atoms with Crippen LogP contribution in [0.5, 0.6) is 5.75 Å². The zero-order chi connectivity index (χ0) is 22.8. The number of ether oxygens (including phenoxy) is 1. The van der Waals surface area contributed by atoms with Crippen molar-refractivity contribution in [1.29, 1.82) is 0 Å². The summed E-state index contributed by atoms with van der Waals surface area (Å²) in [6, 6.07) is 12.2. The van der Waals surface area contributed by atoms with E-state index in [1.807, 2.05) is 22.9 Å². The van der Waals surface area contributed by atoms with Crippen LogP contribution in [0.1, 0.15) is 43.2 Å². The van der Waals surface area contributed by atoms with Crippen LogP contribution in [0, 0.1) is 19.8 Å². The summed E-state index contributed by atoms with van der Waals surface area (Å²) in [5.41, 5.74) is 5.85. The Hall–Kier alpha value is -3.19. The summed E-state index contributed by atoms with van der Waals surface area (Å²) < 4.78 is 7.47. The SMILES string of the molecule is Cc1ccc(C)c(N=c2scc(-c3ccc4c(c3)NC(=O)CO4)n2N=CC2CCCCC2)c1. The standard InChI is InChI=1S/C26H28N4O2S/c1-17-8-9-18(2)21(12-17)29-26-30(27-14-19-6-4-3-5-7-19)23(16-33-26)20-10-11-24-22(13-20)28-25(31)15-32-24/h8-14,16,19H,3-7,15H2,1-2H3,(H,28,31). The monoisotopic (exact) mass is 460 g/mol. The first-order valence-electron chi connectivity index (χ1n) is 11.5. The highest BCUT2D eigenvalue weighted by atomic mass is 32.1. The second-order valence-corrected chi connectivity index (χ2v) is 9.66. The van der Waals surface area contributed by atoms with E-state index in [1.54, 1.807) is 11.3 Å². The minimum absolute atomic E-state index is 0.0509. The second-order valence-electron chi connectivity index (χ2n) is 8.83. The van der Waals surface area contributed by atoms with Gasteiger partial charge in [-0.15, -0.1) is 11.3 Å². The fourth-order valence-corrected chi connectivity index (χ4v) is 5.17. The molecule has 7 heteroatoms. The molecule has 170 valence electrons. The lowest BCUT2D eigenvalue weighted by atomic mass is 9.90. The van der Waals surface area contributed by atoms with Crippen LogP contribution < -0.4 is 14.9 Å². The van der Waals surface area contributed by atoms with Crippen molar-refractivity contribution in [3.63, 3.8) is 0 Å². The Labute approximate surface area is 197 Å². The van der Waals surface area contributed by atoms with Crippen molar-refractivity contribution in [3.05, 3.63) is 57.7 Å². The lowest BCUT2D eigenvalue weighted by Gasteiger charge is -2.19. The maximum Gasteiger partial charge on any atom is 0.262 e. The molecule has 6 nitrogen and oxygen atoms in total. The molecule has 0 saturated heterocycles. The van der Waals surface area contributed by atoms with E-state index in [1.165, 1.54) is 37.7 Å². The number of anilines is 1. The molecule has 1 fully saturated rings. The maximum absolute atomic E-state index is 11.8. The fourth-order valence-electron chi connectivity index (χ4n) is 4.32. The summed E-state index contributed by atoms with van der Waals surface area (Å²) in [6.07, 6.45) is 8.33. The first-order chi connectivity index (χ1) is 16.1. The van der Waals surface area contributed by atoms with Crippen molar-refractivity contribution in [1.82, 2.24) is 4.68 Å². The van der Waals surface area contributed by atoms with Gasteiger partial charge in [0.15, 0.2) is 6.61 Å². The largest absolute Gasteiger partial charge is 0.482 e. The first kappa shape index (κ1) is 21.6. The average molecular weight is 461 g/mol. The molecule has 1 aliphatic carbocycles. The highest BCUT2D eigenvalue weighted by Crippen LogP contribution is 2.33. The number of hydrogen-bond acceptors (Lipinski definition) is 5. The summed E-state index contributed by atoms with van der Waals surface area (Å²) in [5.74, 6) is 1.05. The van der Waals surface area contributed by atoms with Crippen molar-refractivity contribution in [2.24, 2.45) is 16.0 Å². The molecule has 1 amide bonds. The van der Waals surface area contributed by atoms with Gasteiger partial charge in [0, 0.05) is 17.2 Å². The van der Waals surface area contributed by atoms with Gasteiger partial charge in [-0.25, -0.2) is 9.67 Å². The van der Waals surface area contributed by atoms with Crippen LogP contribution in [0.4, 0.5) is 11.4 Å². The molecule has 1 aliphatic heterocycles. The van der Waals surface area contributed by atoms with E-state index in [4.69, 9.17) is 14.8 Å². The molecule has 0 bridgehead atoms. The topological polar surface area (TPSA) is 68.0 Å². The Bertz CT molecular complexity index is 1280. The molecular formula is C26H28N4O2S. The molecule has 1 saturated carbocycles. The van der Waals surface area contributed by atoms with E-state index in [-0.39, 0.29) is 12.5 Å². The normalized spacial score (nSPS) is 17.2. The number of benzene rings is 2. The minimum atomic E-state index is -0.140. The second kappa shape index (κ2) is 9.35. The maximum atomic E-state index is 11.8. The van der Waals surface area contributed by atoms with Gasteiger partial charge in [-0.2, -0.15) is 5.10 Å². The Kier molecular flexibility index (Phi) is 6.13. The Morgan fingerprint density at radius 1 is 1.12 bits per heavy atom. The zero-order valence-corrected chi connectivity index (χ0v) is 19.8. The van der Waals surface area contributed by atoms with Crippen LogP contribution in [0.3, 0.4) is 0 Å². The molecule has 1 N–H and O–H groups in total. The van der Waals surface area contributed by atoms with Crippen molar-refractivity contribution in [2.75, 3.05) is 11.9 Å². The van der Waals surface area contributed by atoms with E-state index < -0.39 is 0 Å². The Balaban J connectivity index is 1.60. The van der Waals surface area contributed by atoms with Crippen LogP contribution in [-0.2, 0) is 4.79 Å². The quantitative estimate of drug-likeness (QED) is 0.499. The van der Waals surface area contributed by atoms with Crippen molar-refractivity contribution in [3.8, 4) is 17.0 Å². The molecule has 5 rings (SSSR count). The van der Waals surface area contributed by atoms with E-state index in [0.29, 0.717) is 17.4 Å². The zero-order valence-electron chi connectivity index (χ0n) is 19.0. The molecule has 2 aliphatic rings. The molecule has 2 aromatic carbocycles. The average Bonchev–Trinajstić information content (AvgIpc) is 3.22. The Morgan fingerprint density at radius 2 is 1.97 bits per heavy atom. The van der Waals surface area contributed by atoms with Gasteiger partial charge in [-0.3, -0.25) is 4.79 Å². The summed E-state index contributed by atoms with van der Waals surface area (Å²) >= 11 is 1.57. The third-order valence-corrected chi connectivity index (χ3v) is 7.03. The number of hydrogen-bond donors (Lipinski definition) is 1. The number of thiazole rings is 1. The minimum Gasteiger partial charge on any atom is -0.482 e. The van der Waals surface area contributed by atoms with Gasteiger partial charge in [0.05, 0.1) is 17.1 Å². The summed E-state index contributed by atoms with van der Waals surface area (Å²) in [7, 11) is 0. The van der Waals surface area contributed by atoms with Crippen LogP contribution >= 0.6 is 11.3 Å². The number of amides is 1. The number of carbonyl (C=O) groups is 1. The van der Waals surface area contributed by atoms with Gasteiger partial charge < -0.3 is 10.1 Å². The van der Waals surface area contributed by atoms with E-state index in [0.717, 1.165) is 27.3 Å². The molecule has 33 heavy (non-hydrogen) atoms. The third kappa shape index (κ3) is 4.78. The number of nitrogens with zero attached hydrogens (tertiary/aromatic N) is 3. The molecule has 0 atom stereocenters. The molecule has 0 spiro atoms. The number of fused-ring (bicyclic) bond motifs is 1. The van der Waals surface area contributed by atoms with E-state index >= 15 is 0 Å². The van der Waals surface area contributed by atoms with Crippen molar-refractivity contribution >= 4 is 34.8 Å². The van der Waals surface area contributed by atoms with Crippen molar-refractivity contribution in [2.45, 2.75) is 46.0 Å². The molecule has 1 aromatic heterocycles. The lowest BCUT2D eigenvalue weighted by molar-refractivity contribution is -0.118. The third-order valence-electron chi connectivity index (χ3n) is 6.22. The summed E-state index contributed by atoms with van der Waals surface area (Å²) in [5, 5.41) is 9.91. The number of aromatic nitrogens is 1. The van der Waals surface area contributed by atoms with E-state index in [9.17, 15) is 4.79 Å². The highest BCUT2D eigenvalue weighted by Gasteiger charge is 2.18. The van der Waals surface area contributed by atoms with E-state index in [2.05, 4.69) is 49.0 Å². The van der Waals surface area contributed by atoms with Gasteiger partial charge in [0.1, 0.15) is 5.75 Å². The van der Waals surface area contributed by atoms with Gasteiger partial charge in [0.25, 0.3) is 5.91 Å². The van der Waals surface area contributed by atoms with Crippen LogP contribution in [-0.4, -0.2) is 23.4 Å². The predicted octanol–water partition coefficient (Wildman–Crippen LogP) is 5.81. The molecule has 0 radical (unpaired) electrons. The van der Waals surface area contributed by atoms with Crippen molar-refractivity contribution < 1.29 is 9.53 Å². The number of carbonyl (C=O) groups excluding carboxylic acids is 1. The Morgan fingerprint density at radius 3 is 2.82 bits per heavy atom. The highest BCUT2D eigenvalue weighted by molar-refractivity contribution is 7.07. The van der Waals surface area contributed by atoms with Crippen LogP contribution in [0.15, 0.2) is 51.9 Å². The molecule has 3 aromatic rings. The number of aryl methyl sites for hydroxylation is 2. The predicted molar refractivity (Wildman–Crippen MR) is 133 cm³/mol. The summed E-state index contributed by atoms with van der Waals surface area (Å²) in [4.78, 5) is 17.6. The molecular weight excluding hydrogens is 432 g/mol. The van der Waals surface area contributed by atoms with Gasteiger partial charge in [0.2, 0.25) is 4.80 Å². The molecule has 2 heterocycles. The summed E-state index contributed by atoms with van der Waals surface area (Å²) in [6.45, 7) is 4.21. The fraction of sp³-hybridized carbons (Fsp3) is 0.346. The smallest absolute Gasteiger partial charge is 0.262 e. The lowest BCUT2D eigenvalue weighted by Crippen LogP contribution is -2.25. The number of nitrogens with one attached hydrogen (secondary N) is 1. The van der Waals surface area contributed by atoms with Crippen LogP contribution in [0.2, 0.25) is 0 Å². The first-order valence-corrected chi connectivity index (χ1v) is 12.4. The van der Waals surface area contributed by atoms with Gasteiger partial charge >= 0.3 is 0 Å².